The summed E-state index contributed by atoms with van der Waals surface area (Å²) in [6.45, 7) is 0.448. The monoisotopic (exact) mass is 404 g/mol. The molecule has 1 saturated carbocycles. The van der Waals surface area contributed by atoms with E-state index in [9.17, 15) is 24.2 Å². The Morgan fingerprint density at radius 2 is 2.00 bits per heavy atom. The van der Waals surface area contributed by atoms with Crippen LogP contribution in [0.15, 0.2) is 54.3 Å². The SMILES string of the molecule is O=C1CC[C@H](/C=C/CCOc2ccc(F)cc2)[C@H]1CC=C=CCC(O)(O)C(=O)O. The van der Waals surface area contributed by atoms with E-state index < -0.39 is 18.2 Å². The van der Waals surface area contributed by atoms with E-state index in [1.165, 1.54) is 18.2 Å². The lowest BCUT2D eigenvalue weighted by Gasteiger charge is -2.13. The number of carbonyl (C=O) groups excluding carboxylic acids is 1. The van der Waals surface area contributed by atoms with Gasteiger partial charge in [0.1, 0.15) is 17.3 Å². The number of Topliss-reactive ketones (excluding diaryl/α,β-unsaturated/α-hetero) is 1. The predicted octanol–water partition coefficient (Wildman–Crippen LogP) is 3.00. The fraction of sp³-hybridized carbons (Fsp3) is 0.409. The maximum Gasteiger partial charge on any atom is 0.364 e. The summed E-state index contributed by atoms with van der Waals surface area (Å²) in [6.07, 6.45) is 8.73. The van der Waals surface area contributed by atoms with Gasteiger partial charge in [0.25, 0.3) is 5.79 Å². The average Bonchev–Trinajstić information content (AvgIpc) is 3.02. The summed E-state index contributed by atoms with van der Waals surface area (Å²) in [5, 5.41) is 27.0. The second-order valence-electron chi connectivity index (χ2n) is 6.93. The molecule has 7 heteroatoms. The molecule has 2 atom stereocenters. The molecule has 0 bridgehead atoms. The number of carbonyl (C=O) groups is 2. The van der Waals surface area contributed by atoms with Crippen LogP contribution in [-0.2, 0) is 9.59 Å². The van der Waals surface area contributed by atoms with Gasteiger partial charge in [0.15, 0.2) is 0 Å². The number of hydrogen-bond acceptors (Lipinski definition) is 5. The molecular formula is C22H25FO6. The van der Waals surface area contributed by atoms with Crippen molar-refractivity contribution in [3.8, 4) is 5.75 Å². The third kappa shape index (κ3) is 7.31. The number of ketones is 1. The Morgan fingerprint density at radius 3 is 2.69 bits per heavy atom. The molecule has 1 aromatic carbocycles. The van der Waals surface area contributed by atoms with E-state index in [1.54, 1.807) is 18.2 Å². The Labute approximate surface area is 168 Å². The number of hydrogen-bond donors (Lipinski definition) is 3. The number of aliphatic hydroxyl groups is 2. The summed E-state index contributed by atoms with van der Waals surface area (Å²) in [6, 6.07) is 5.81. The zero-order chi connectivity index (χ0) is 21.3. The fourth-order valence-corrected chi connectivity index (χ4v) is 3.08. The summed E-state index contributed by atoms with van der Waals surface area (Å²) in [7, 11) is 0. The van der Waals surface area contributed by atoms with Crippen LogP contribution in [0.3, 0.4) is 0 Å². The van der Waals surface area contributed by atoms with Gasteiger partial charge in [-0.3, -0.25) is 4.79 Å². The highest BCUT2D eigenvalue weighted by Crippen LogP contribution is 2.32. The van der Waals surface area contributed by atoms with Gasteiger partial charge in [0.2, 0.25) is 0 Å². The van der Waals surface area contributed by atoms with Crippen molar-refractivity contribution in [2.75, 3.05) is 6.61 Å². The summed E-state index contributed by atoms with van der Waals surface area (Å²) < 4.78 is 18.4. The van der Waals surface area contributed by atoms with Crippen molar-refractivity contribution in [3.05, 3.63) is 60.1 Å². The van der Waals surface area contributed by atoms with Gasteiger partial charge in [-0.15, -0.1) is 5.73 Å². The van der Waals surface area contributed by atoms with Crippen LogP contribution in [0.2, 0.25) is 0 Å². The second kappa shape index (κ2) is 10.7. The van der Waals surface area contributed by atoms with E-state index in [2.05, 4.69) is 5.73 Å². The Kier molecular flexibility index (Phi) is 8.34. The molecule has 0 radical (unpaired) electrons. The fourth-order valence-electron chi connectivity index (χ4n) is 3.08. The first kappa shape index (κ1) is 22.6. The number of rotatable bonds is 10. The molecule has 0 heterocycles. The lowest BCUT2D eigenvalue weighted by Crippen LogP contribution is -2.37. The quantitative estimate of drug-likeness (QED) is 0.240. The molecule has 29 heavy (non-hydrogen) atoms. The number of aliphatic carboxylic acids is 1. The number of halogens is 1. The summed E-state index contributed by atoms with van der Waals surface area (Å²) >= 11 is 0. The second-order valence-corrected chi connectivity index (χ2v) is 6.93. The first-order valence-electron chi connectivity index (χ1n) is 9.45. The summed E-state index contributed by atoms with van der Waals surface area (Å²) in [5.74, 6) is -4.14. The Morgan fingerprint density at radius 1 is 1.28 bits per heavy atom. The van der Waals surface area contributed by atoms with Crippen LogP contribution in [-0.4, -0.2) is 39.5 Å². The smallest absolute Gasteiger partial charge is 0.364 e. The molecule has 6 nitrogen and oxygen atoms in total. The van der Waals surface area contributed by atoms with Crippen LogP contribution in [0.5, 0.6) is 5.75 Å². The number of carboxylic acids is 1. The Balaban J connectivity index is 1.78. The predicted molar refractivity (Wildman–Crippen MR) is 104 cm³/mol. The Hall–Kier alpha value is -2.73. The van der Waals surface area contributed by atoms with Gasteiger partial charge < -0.3 is 20.1 Å². The molecule has 0 aromatic heterocycles. The van der Waals surface area contributed by atoms with Gasteiger partial charge >= 0.3 is 5.97 Å². The van der Waals surface area contributed by atoms with E-state index in [0.717, 1.165) is 6.42 Å². The summed E-state index contributed by atoms with van der Waals surface area (Å²) in [5.41, 5.74) is 2.71. The minimum Gasteiger partial charge on any atom is -0.493 e. The minimum atomic E-state index is -2.81. The minimum absolute atomic E-state index is 0.111. The lowest BCUT2D eigenvalue weighted by atomic mass is 9.91. The van der Waals surface area contributed by atoms with Crippen molar-refractivity contribution < 1.29 is 34.0 Å². The molecular weight excluding hydrogens is 379 g/mol. The average molecular weight is 404 g/mol. The van der Waals surface area contributed by atoms with Crippen molar-refractivity contribution in [1.29, 1.82) is 0 Å². The highest BCUT2D eigenvalue weighted by molar-refractivity contribution is 5.83. The van der Waals surface area contributed by atoms with Crippen LogP contribution in [0.1, 0.15) is 32.1 Å². The molecule has 1 aliphatic rings. The van der Waals surface area contributed by atoms with Crippen molar-refractivity contribution in [2.45, 2.75) is 37.9 Å². The number of allylic oxidation sites excluding steroid dienone is 1. The summed E-state index contributed by atoms with van der Waals surface area (Å²) in [4.78, 5) is 22.7. The first-order valence-corrected chi connectivity index (χ1v) is 9.45. The topological polar surface area (TPSA) is 104 Å². The van der Waals surface area contributed by atoms with Crippen molar-refractivity contribution in [1.82, 2.24) is 0 Å². The van der Waals surface area contributed by atoms with E-state index in [0.29, 0.717) is 31.6 Å². The third-order valence-corrected chi connectivity index (χ3v) is 4.74. The molecule has 1 aromatic rings. The normalized spacial score (nSPS) is 19.2. The van der Waals surface area contributed by atoms with Gasteiger partial charge in [-0.25, -0.2) is 9.18 Å². The van der Waals surface area contributed by atoms with Crippen molar-refractivity contribution in [2.24, 2.45) is 11.8 Å². The van der Waals surface area contributed by atoms with Gasteiger partial charge in [0, 0.05) is 18.8 Å². The maximum atomic E-state index is 12.8. The van der Waals surface area contributed by atoms with Gasteiger partial charge in [-0.2, -0.15) is 0 Å². The maximum absolute atomic E-state index is 12.8. The van der Waals surface area contributed by atoms with Crippen molar-refractivity contribution in [3.63, 3.8) is 0 Å². The van der Waals surface area contributed by atoms with Gasteiger partial charge in [-0.05, 0) is 61.6 Å². The zero-order valence-corrected chi connectivity index (χ0v) is 16.0. The molecule has 3 N–H and O–H groups in total. The van der Waals surface area contributed by atoms with Crippen LogP contribution < -0.4 is 4.74 Å². The van der Waals surface area contributed by atoms with Crippen molar-refractivity contribution >= 4 is 11.8 Å². The van der Waals surface area contributed by atoms with Crippen LogP contribution in [0, 0.1) is 17.7 Å². The van der Waals surface area contributed by atoms with Gasteiger partial charge in [0.05, 0.1) is 6.61 Å². The highest BCUT2D eigenvalue weighted by atomic mass is 19.1. The van der Waals surface area contributed by atoms with E-state index in [4.69, 9.17) is 9.84 Å². The van der Waals surface area contributed by atoms with Gasteiger partial charge in [-0.1, -0.05) is 12.2 Å². The molecule has 1 aliphatic carbocycles. The molecule has 0 spiro atoms. The molecule has 1 fully saturated rings. The van der Waals surface area contributed by atoms with E-state index in [-0.39, 0.29) is 23.4 Å². The van der Waals surface area contributed by atoms with E-state index in [1.807, 2.05) is 12.2 Å². The van der Waals surface area contributed by atoms with Crippen LogP contribution in [0.25, 0.3) is 0 Å². The largest absolute Gasteiger partial charge is 0.493 e. The van der Waals surface area contributed by atoms with Crippen LogP contribution >= 0.6 is 0 Å². The zero-order valence-electron chi connectivity index (χ0n) is 16.0. The number of ether oxygens (including phenoxy) is 1. The van der Waals surface area contributed by atoms with E-state index >= 15 is 0 Å². The third-order valence-electron chi connectivity index (χ3n) is 4.74. The molecule has 0 amide bonds. The molecule has 156 valence electrons. The number of benzene rings is 1. The Bertz CT molecular complexity index is 790. The number of carboxylic acid groups (broad SMARTS) is 1. The molecule has 0 unspecified atom stereocenters. The molecule has 0 saturated heterocycles. The van der Waals surface area contributed by atoms with Crippen LogP contribution in [0.4, 0.5) is 4.39 Å². The lowest BCUT2D eigenvalue weighted by molar-refractivity contribution is -0.201. The molecule has 2 rings (SSSR count). The molecule has 0 aliphatic heterocycles. The first-order chi connectivity index (χ1) is 13.8. The highest BCUT2D eigenvalue weighted by Gasteiger charge is 2.32. The standard InChI is InChI=1S/C22H25FO6/c23-17-9-11-18(12-10-17)29-15-5-3-6-16-8-13-20(24)19(16)7-2-1-4-14-22(27,28)21(25)26/h2-4,6,9-12,16,19,27-28H,5,7-8,13-15H2,(H,25,26)/b6-3+/t1?,16-,19+/m0/s1.